The molecule has 1 aromatic heterocycles. The van der Waals surface area contributed by atoms with Crippen LogP contribution in [0.25, 0.3) is 10.9 Å². The van der Waals surface area contributed by atoms with Gasteiger partial charge in [-0.15, -0.1) is 0 Å². The Labute approximate surface area is 160 Å². The molecule has 0 spiro atoms. The molecule has 1 saturated heterocycles. The number of aliphatic hydroxyl groups excluding tert-OH is 1. The van der Waals surface area contributed by atoms with Gasteiger partial charge in [0.25, 0.3) is 5.56 Å². The molecule has 1 aliphatic heterocycles. The molecule has 2 aromatic rings. The Morgan fingerprint density at radius 1 is 1.29 bits per heavy atom. The van der Waals surface area contributed by atoms with Crippen LogP contribution in [0.3, 0.4) is 0 Å². The van der Waals surface area contributed by atoms with Crippen LogP contribution in [-0.4, -0.2) is 47.8 Å². The lowest BCUT2D eigenvalue weighted by Crippen LogP contribution is -2.44. The molecular weight excluding hydrogens is 367 g/mol. The fourth-order valence-electron chi connectivity index (χ4n) is 4.45. The average molecular weight is 392 g/mol. The van der Waals surface area contributed by atoms with E-state index in [0.717, 1.165) is 12.8 Å². The Bertz CT molecular complexity index is 1040. The first-order valence-electron chi connectivity index (χ1n) is 9.49. The van der Waals surface area contributed by atoms with E-state index in [1.165, 1.54) is 10.6 Å². The van der Waals surface area contributed by atoms with Gasteiger partial charge in [0.1, 0.15) is 5.82 Å². The molecular formula is C19H25FN4O4. The number of nitrogen functional groups attached to an aromatic ring is 1. The van der Waals surface area contributed by atoms with Crippen LogP contribution in [0, 0.1) is 24.6 Å². The maximum atomic E-state index is 15.1. The number of aryl methyl sites for hydroxylation is 1. The zero-order valence-electron chi connectivity index (χ0n) is 16.0. The van der Waals surface area contributed by atoms with E-state index in [1.807, 2.05) is 4.90 Å². The molecule has 28 heavy (non-hydrogen) atoms. The van der Waals surface area contributed by atoms with Gasteiger partial charge in [-0.1, -0.05) is 0 Å². The van der Waals surface area contributed by atoms with Gasteiger partial charge in [-0.2, -0.15) is 4.68 Å². The molecule has 0 radical (unpaired) electrons. The first-order valence-corrected chi connectivity index (χ1v) is 9.49. The van der Waals surface area contributed by atoms with Gasteiger partial charge in [-0.3, -0.25) is 9.36 Å². The predicted molar refractivity (Wildman–Crippen MR) is 104 cm³/mol. The highest BCUT2D eigenvalue weighted by atomic mass is 19.1. The molecule has 4 rings (SSSR count). The Hall–Kier alpha value is -2.39. The number of hydrogen-bond acceptors (Lipinski definition) is 6. The van der Waals surface area contributed by atoms with Crippen molar-refractivity contribution in [2.45, 2.75) is 25.8 Å². The molecule has 2 fully saturated rings. The van der Waals surface area contributed by atoms with Crippen LogP contribution in [-0.2, 0) is 4.74 Å². The van der Waals surface area contributed by atoms with Crippen molar-refractivity contribution in [1.82, 2.24) is 9.24 Å². The summed E-state index contributed by atoms with van der Waals surface area (Å²) < 4.78 is 22.5. The van der Waals surface area contributed by atoms with E-state index < -0.39 is 17.1 Å². The highest BCUT2D eigenvalue weighted by Gasteiger charge is 2.36. The van der Waals surface area contributed by atoms with Crippen LogP contribution in [0.15, 0.2) is 15.7 Å². The van der Waals surface area contributed by atoms with Crippen molar-refractivity contribution in [1.29, 1.82) is 0 Å². The van der Waals surface area contributed by atoms with Crippen LogP contribution in [0.4, 0.5) is 10.1 Å². The normalized spacial score (nSPS) is 22.4. The lowest BCUT2D eigenvalue weighted by molar-refractivity contribution is 0.115. The molecule has 2 heterocycles. The van der Waals surface area contributed by atoms with Gasteiger partial charge in [0, 0.05) is 50.2 Å². The van der Waals surface area contributed by atoms with E-state index in [-0.39, 0.29) is 29.9 Å². The summed E-state index contributed by atoms with van der Waals surface area (Å²) in [6, 6.07) is 1.16. The van der Waals surface area contributed by atoms with E-state index in [9.17, 15) is 14.7 Å². The number of ether oxygens (including phenoxy) is 1. The molecule has 3 N–H and O–H groups in total. The molecule has 2 atom stereocenters. The van der Waals surface area contributed by atoms with Crippen LogP contribution < -0.4 is 22.0 Å². The zero-order valence-corrected chi connectivity index (χ0v) is 16.0. The standard InChI is InChI=1S/C19H25FN4O4/c1-10-16-14(18(26)24(21)19(27)23(16)13-3-4-13)5-15(20)17(10)22-6-11(8-25)12(7-22)9-28-2/h5,11-13,25H,3-4,6-9,21H2,1-2H3/t11-,12+/m0/s1. The molecule has 0 unspecified atom stereocenters. The number of halogens is 1. The minimum atomic E-state index is -0.697. The largest absolute Gasteiger partial charge is 0.396 e. The highest BCUT2D eigenvalue weighted by molar-refractivity contribution is 5.87. The summed E-state index contributed by atoms with van der Waals surface area (Å²) in [5, 5.41) is 9.80. The Balaban J connectivity index is 1.92. The third kappa shape index (κ3) is 2.80. The number of anilines is 1. The number of fused-ring (bicyclic) bond motifs is 1. The second-order valence-corrected chi connectivity index (χ2v) is 7.85. The highest BCUT2D eigenvalue weighted by Crippen LogP contribution is 2.39. The van der Waals surface area contributed by atoms with Gasteiger partial charge in [0.2, 0.25) is 0 Å². The average Bonchev–Trinajstić information content (AvgIpc) is 3.42. The van der Waals surface area contributed by atoms with Gasteiger partial charge in [-0.25, -0.2) is 9.18 Å². The van der Waals surface area contributed by atoms with E-state index >= 15 is 4.39 Å². The topological polar surface area (TPSA) is 103 Å². The second kappa shape index (κ2) is 6.89. The van der Waals surface area contributed by atoms with E-state index in [2.05, 4.69) is 0 Å². The molecule has 1 aromatic carbocycles. The Kier molecular flexibility index (Phi) is 4.67. The van der Waals surface area contributed by atoms with Crippen molar-refractivity contribution >= 4 is 16.6 Å². The minimum absolute atomic E-state index is 0.0105. The van der Waals surface area contributed by atoms with Crippen LogP contribution >= 0.6 is 0 Å². The summed E-state index contributed by atoms with van der Waals surface area (Å²) in [5.41, 5.74) is 0.0928. The number of aliphatic hydroxyl groups is 1. The van der Waals surface area contributed by atoms with Crippen molar-refractivity contribution in [3.05, 3.63) is 38.3 Å². The second-order valence-electron chi connectivity index (χ2n) is 7.85. The van der Waals surface area contributed by atoms with Crippen molar-refractivity contribution < 1.29 is 14.2 Å². The summed E-state index contributed by atoms with van der Waals surface area (Å²) in [6.07, 6.45) is 1.65. The maximum Gasteiger partial charge on any atom is 0.350 e. The molecule has 0 amide bonds. The van der Waals surface area contributed by atoms with Gasteiger partial charge in [0.15, 0.2) is 0 Å². The number of nitrogens with two attached hydrogens (primary N) is 1. The summed E-state index contributed by atoms with van der Waals surface area (Å²) in [7, 11) is 1.60. The quantitative estimate of drug-likeness (QED) is 0.712. The van der Waals surface area contributed by atoms with Crippen molar-refractivity contribution in [3.63, 3.8) is 0 Å². The molecule has 152 valence electrons. The van der Waals surface area contributed by atoms with Crippen molar-refractivity contribution in [2.24, 2.45) is 11.8 Å². The number of hydrogen-bond donors (Lipinski definition) is 2. The van der Waals surface area contributed by atoms with Crippen molar-refractivity contribution in [2.75, 3.05) is 44.2 Å². The predicted octanol–water partition coefficient (Wildman–Crippen LogP) is 0.351. The van der Waals surface area contributed by atoms with E-state index in [0.29, 0.717) is 41.1 Å². The lowest BCUT2D eigenvalue weighted by atomic mass is 9.98. The first-order chi connectivity index (χ1) is 13.4. The monoisotopic (exact) mass is 392 g/mol. The third-order valence-corrected chi connectivity index (χ3v) is 5.99. The minimum Gasteiger partial charge on any atom is -0.396 e. The molecule has 1 aliphatic carbocycles. The Morgan fingerprint density at radius 2 is 1.96 bits per heavy atom. The fraction of sp³-hybridized carbons (Fsp3) is 0.579. The van der Waals surface area contributed by atoms with Gasteiger partial charge in [-0.05, 0) is 25.8 Å². The molecule has 8 nitrogen and oxygen atoms in total. The number of benzene rings is 1. The van der Waals surface area contributed by atoms with Crippen LogP contribution in [0.1, 0.15) is 24.4 Å². The number of nitrogens with zero attached hydrogens (tertiary/aromatic N) is 3. The lowest BCUT2D eigenvalue weighted by Gasteiger charge is -2.24. The van der Waals surface area contributed by atoms with Gasteiger partial charge >= 0.3 is 5.69 Å². The summed E-state index contributed by atoms with van der Waals surface area (Å²) in [5.74, 6) is 5.17. The van der Waals surface area contributed by atoms with Crippen molar-refractivity contribution in [3.8, 4) is 0 Å². The van der Waals surface area contributed by atoms with E-state index in [1.54, 1.807) is 14.0 Å². The van der Waals surface area contributed by atoms with Gasteiger partial charge < -0.3 is 20.6 Å². The molecule has 2 aliphatic rings. The summed E-state index contributed by atoms with van der Waals surface area (Å²) in [6.45, 7) is 3.21. The van der Waals surface area contributed by atoms with Crippen LogP contribution in [0.2, 0.25) is 0 Å². The first kappa shape index (κ1) is 18.9. The fourth-order valence-corrected chi connectivity index (χ4v) is 4.45. The maximum absolute atomic E-state index is 15.1. The smallest absolute Gasteiger partial charge is 0.350 e. The SMILES string of the molecule is COC[C@H]1CN(c2c(F)cc3c(=O)n(N)c(=O)n(C4CC4)c3c2C)C[C@H]1CO. The molecule has 9 heteroatoms. The molecule has 1 saturated carbocycles. The number of aromatic nitrogens is 2. The number of methoxy groups -OCH3 is 1. The molecule has 0 bridgehead atoms. The third-order valence-electron chi connectivity index (χ3n) is 5.99. The summed E-state index contributed by atoms with van der Waals surface area (Å²) >= 11 is 0. The summed E-state index contributed by atoms with van der Waals surface area (Å²) in [4.78, 5) is 27.0. The number of rotatable bonds is 5. The van der Waals surface area contributed by atoms with Crippen LogP contribution in [0.5, 0.6) is 0 Å². The Morgan fingerprint density at radius 3 is 2.57 bits per heavy atom. The van der Waals surface area contributed by atoms with Gasteiger partial charge in [0.05, 0.1) is 23.2 Å². The van der Waals surface area contributed by atoms with E-state index in [4.69, 9.17) is 10.6 Å². The zero-order chi connectivity index (χ0) is 20.2.